The molecule has 16 heteroatoms. The number of para-hydroxylation sites is 1. The third kappa shape index (κ3) is 11.3. The first-order chi connectivity index (χ1) is 28.5. The number of fused-ring (bicyclic) bond motifs is 1. The molecule has 16 nitrogen and oxygen atoms in total. The first-order valence-electron chi connectivity index (χ1n) is 20.7. The Labute approximate surface area is 349 Å². The monoisotopic (exact) mass is 832 g/mol. The molecule has 0 spiro atoms. The summed E-state index contributed by atoms with van der Waals surface area (Å²) in [5, 5.41) is 15.1. The molecule has 5 rings (SSSR count). The number of hydrogen-bond acceptors (Lipinski definition) is 11. The van der Waals surface area contributed by atoms with Gasteiger partial charge in [-0.25, -0.2) is 4.79 Å². The number of ether oxygens (including phenoxy) is 3. The minimum absolute atomic E-state index is 0.0367. The summed E-state index contributed by atoms with van der Waals surface area (Å²) in [5.41, 5.74) is 4.93. The van der Waals surface area contributed by atoms with Crippen molar-refractivity contribution in [2.45, 2.75) is 128 Å². The quantitative estimate of drug-likeness (QED) is 0.146. The maximum atomic E-state index is 14.7. The van der Waals surface area contributed by atoms with Crippen LogP contribution in [0.1, 0.15) is 131 Å². The molecule has 0 aromatic heterocycles. The van der Waals surface area contributed by atoms with E-state index in [9.17, 15) is 43.5 Å². The Balaban J connectivity index is 1.30. The molecule has 3 aliphatic rings. The van der Waals surface area contributed by atoms with Crippen LogP contribution in [0.3, 0.4) is 0 Å². The second-order valence-corrected chi connectivity index (χ2v) is 16.7. The van der Waals surface area contributed by atoms with Crippen LogP contribution < -0.4 is 25.8 Å². The van der Waals surface area contributed by atoms with E-state index in [0.29, 0.717) is 25.0 Å². The van der Waals surface area contributed by atoms with Gasteiger partial charge < -0.3 is 40.6 Å². The smallest absolute Gasteiger partial charge is 0.336 e. The zero-order valence-corrected chi connectivity index (χ0v) is 34.7. The number of likely N-dealkylation sites (tertiary alicyclic amines) is 1. The van der Waals surface area contributed by atoms with Crippen molar-refractivity contribution < 1.29 is 57.7 Å². The second-order valence-electron chi connectivity index (χ2n) is 16.7. The second kappa shape index (κ2) is 20.1. The molecule has 60 heavy (non-hydrogen) atoms. The Morgan fingerprint density at radius 1 is 0.917 bits per heavy atom. The van der Waals surface area contributed by atoms with Gasteiger partial charge in [0.1, 0.15) is 12.1 Å². The summed E-state index contributed by atoms with van der Waals surface area (Å²) in [5.74, 6) is -6.90. The van der Waals surface area contributed by atoms with Crippen molar-refractivity contribution in [3.63, 3.8) is 0 Å². The van der Waals surface area contributed by atoms with Gasteiger partial charge in [0.05, 0.1) is 28.9 Å². The van der Waals surface area contributed by atoms with Crippen LogP contribution in [0.4, 0.5) is 0 Å². The minimum atomic E-state index is -1.29. The first-order valence-corrected chi connectivity index (χ1v) is 20.7. The number of nitrogens with zero attached hydrogens (tertiary/aromatic N) is 1. The van der Waals surface area contributed by atoms with E-state index in [-0.39, 0.29) is 61.0 Å². The standard InChI is InChI=1S/C44H56N4O12/c1-5-12-26(38(52)32(49)19-20-35(51)46-37(40(45)53)30-17-11-18-34-39(30)59-24-58-34)21-33(50)31-22-27(60-44(2,3)4)23-48(31)42(55)36(25-13-7-6-8-14-25)47-41(54)28-15-9-10-16-29(28)43(56)57/h9-11,15-18,25-27,31,36-37H,5-8,12-14,19-24H2,1-4H3,(H2,45,53)(H,46,51)(H,47,54)(H,56,57)/t26?,27-,31+,36+,37?/m1/s1. The van der Waals surface area contributed by atoms with Gasteiger partial charge in [0.2, 0.25) is 30.3 Å². The lowest BCUT2D eigenvalue weighted by Crippen LogP contribution is -2.55. The molecular formula is C44H56N4O12. The van der Waals surface area contributed by atoms with E-state index in [0.717, 1.165) is 19.3 Å². The number of amides is 4. The maximum absolute atomic E-state index is 14.7. The number of hydrogen-bond donors (Lipinski definition) is 4. The fourth-order valence-electron chi connectivity index (χ4n) is 8.39. The Morgan fingerprint density at radius 2 is 1.62 bits per heavy atom. The number of rotatable bonds is 19. The molecule has 4 amide bonds. The van der Waals surface area contributed by atoms with Crippen LogP contribution in [0.25, 0.3) is 0 Å². The topological polar surface area (TPSA) is 238 Å². The van der Waals surface area contributed by atoms with Crippen LogP contribution in [-0.4, -0.2) is 94.1 Å². The maximum Gasteiger partial charge on any atom is 0.336 e. The fourth-order valence-corrected chi connectivity index (χ4v) is 8.39. The number of benzene rings is 2. The van der Waals surface area contributed by atoms with E-state index in [4.69, 9.17) is 19.9 Å². The molecule has 2 aromatic carbocycles. The molecule has 1 aliphatic carbocycles. The summed E-state index contributed by atoms with van der Waals surface area (Å²) >= 11 is 0. The molecule has 1 saturated carbocycles. The summed E-state index contributed by atoms with van der Waals surface area (Å²) in [6, 6.07) is 7.14. The number of carboxylic acids is 1. The largest absolute Gasteiger partial charge is 0.478 e. The van der Waals surface area contributed by atoms with Crippen LogP contribution in [0.15, 0.2) is 42.5 Å². The van der Waals surface area contributed by atoms with Crippen molar-refractivity contribution in [2.24, 2.45) is 17.6 Å². The SMILES string of the molecule is CCCC(CC(=O)[C@@H]1C[C@@H](OC(C)(C)C)CN1C(=O)[C@@H](NC(=O)c1ccccc1C(=O)O)C1CCCCC1)C(=O)C(=O)CCC(=O)NC(C(N)=O)c1cccc2c1OCO2. The first kappa shape index (κ1) is 45.4. The van der Waals surface area contributed by atoms with E-state index in [1.54, 1.807) is 25.1 Å². The highest BCUT2D eigenvalue weighted by Crippen LogP contribution is 2.38. The molecule has 0 bridgehead atoms. The van der Waals surface area contributed by atoms with Crippen molar-refractivity contribution in [1.82, 2.24) is 15.5 Å². The van der Waals surface area contributed by atoms with E-state index in [1.807, 2.05) is 20.8 Å². The van der Waals surface area contributed by atoms with E-state index in [2.05, 4.69) is 10.6 Å². The lowest BCUT2D eigenvalue weighted by atomic mass is 9.82. The predicted octanol–water partition coefficient (Wildman–Crippen LogP) is 4.21. The van der Waals surface area contributed by atoms with Crippen molar-refractivity contribution in [3.05, 3.63) is 59.2 Å². The Hall–Kier alpha value is -5.64. The molecule has 2 aliphatic heterocycles. The van der Waals surface area contributed by atoms with Gasteiger partial charge in [0.15, 0.2) is 23.1 Å². The van der Waals surface area contributed by atoms with Gasteiger partial charge >= 0.3 is 5.97 Å². The Kier molecular flexibility index (Phi) is 15.2. The van der Waals surface area contributed by atoms with Crippen LogP contribution in [0, 0.1) is 11.8 Å². The highest BCUT2D eigenvalue weighted by atomic mass is 16.7. The van der Waals surface area contributed by atoms with Crippen LogP contribution in [0.2, 0.25) is 0 Å². The van der Waals surface area contributed by atoms with Crippen LogP contribution in [-0.2, 0) is 33.5 Å². The van der Waals surface area contributed by atoms with Gasteiger partial charge in [0.25, 0.3) is 5.91 Å². The number of carboxylic acid groups (broad SMARTS) is 1. The molecule has 5 atom stereocenters. The summed E-state index contributed by atoms with van der Waals surface area (Å²) in [6.07, 6.45) is 2.85. The summed E-state index contributed by atoms with van der Waals surface area (Å²) < 4.78 is 17.1. The van der Waals surface area contributed by atoms with Gasteiger partial charge in [-0.05, 0) is 64.2 Å². The van der Waals surface area contributed by atoms with E-state index >= 15 is 0 Å². The molecule has 5 N–H and O–H groups in total. The van der Waals surface area contributed by atoms with Gasteiger partial charge in [-0.1, -0.05) is 56.9 Å². The van der Waals surface area contributed by atoms with Gasteiger partial charge in [-0.2, -0.15) is 0 Å². The van der Waals surface area contributed by atoms with Crippen molar-refractivity contribution in [2.75, 3.05) is 13.3 Å². The fraction of sp³-hybridized carbons (Fsp3) is 0.545. The zero-order chi connectivity index (χ0) is 43.7. The number of carbonyl (C=O) groups excluding carboxylic acids is 7. The van der Waals surface area contributed by atoms with Gasteiger partial charge in [0, 0.05) is 43.7 Å². The normalized spacial score (nSPS) is 19.2. The van der Waals surface area contributed by atoms with Crippen LogP contribution in [0.5, 0.6) is 11.5 Å². The summed E-state index contributed by atoms with van der Waals surface area (Å²) in [6.45, 7) is 7.33. The Morgan fingerprint density at radius 3 is 2.27 bits per heavy atom. The third-order valence-electron chi connectivity index (χ3n) is 11.2. The molecule has 2 unspecified atom stereocenters. The number of nitrogens with one attached hydrogen (secondary N) is 2. The average molecular weight is 833 g/mol. The Bertz CT molecular complexity index is 1970. The third-order valence-corrected chi connectivity index (χ3v) is 11.2. The molecule has 324 valence electrons. The number of ketones is 3. The van der Waals surface area contributed by atoms with Crippen LogP contribution >= 0.6 is 0 Å². The summed E-state index contributed by atoms with van der Waals surface area (Å²) in [4.78, 5) is 108. The van der Waals surface area contributed by atoms with Crippen molar-refractivity contribution >= 4 is 46.9 Å². The van der Waals surface area contributed by atoms with E-state index < -0.39 is 95.5 Å². The highest BCUT2D eigenvalue weighted by Gasteiger charge is 2.46. The number of Topliss-reactive ketones (excluding diaryl/α,β-unsaturated/α-hetero) is 3. The zero-order valence-electron chi connectivity index (χ0n) is 34.7. The van der Waals surface area contributed by atoms with Crippen molar-refractivity contribution in [3.8, 4) is 11.5 Å². The lowest BCUT2D eigenvalue weighted by molar-refractivity contribution is -0.143. The number of primary amides is 1. The molecule has 2 aromatic rings. The van der Waals surface area contributed by atoms with Crippen molar-refractivity contribution in [1.29, 1.82) is 0 Å². The highest BCUT2D eigenvalue weighted by molar-refractivity contribution is 6.38. The molecule has 2 heterocycles. The van der Waals surface area contributed by atoms with E-state index in [1.165, 1.54) is 29.2 Å². The molecule has 1 saturated heterocycles. The van der Waals surface area contributed by atoms with Gasteiger partial charge in [-0.15, -0.1) is 0 Å². The number of nitrogens with two attached hydrogens (primary N) is 1. The molecule has 0 radical (unpaired) electrons. The predicted molar refractivity (Wildman–Crippen MR) is 216 cm³/mol. The molecule has 2 fully saturated rings. The number of aromatic carboxylic acids is 1. The average Bonchev–Trinajstić information content (AvgIpc) is 3.87. The summed E-state index contributed by atoms with van der Waals surface area (Å²) in [7, 11) is 0. The molecular weight excluding hydrogens is 776 g/mol. The lowest BCUT2D eigenvalue weighted by Gasteiger charge is -2.35. The number of carbonyl (C=O) groups is 8. The minimum Gasteiger partial charge on any atom is -0.478 e. The van der Waals surface area contributed by atoms with Gasteiger partial charge in [-0.3, -0.25) is 33.6 Å².